The lowest BCUT2D eigenvalue weighted by atomic mass is 10.1. The van der Waals surface area contributed by atoms with Gasteiger partial charge >= 0.3 is 0 Å². The van der Waals surface area contributed by atoms with E-state index in [2.05, 4.69) is 22.4 Å². The van der Waals surface area contributed by atoms with Gasteiger partial charge < -0.3 is 14.6 Å². The summed E-state index contributed by atoms with van der Waals surface area (Å²) in [6.07, 6.45) is 1.79. The van der Waals surface area contributed by atoms with Crippen LogP contribution >= 0.6 is 0 Å². The summed E-state index contributed by atoms with van der Waals surface area (Å²) in [6.45, 7) is 4.26. The summed E-state index contributed by atoms with van der Waals surface area (Å²) in [6, 6.07) is 13.8. The first-order chi connectivity index (χ1) is 12.2. The van der Waals surface area contributed by atoms with Gasteiger partial charge in [0.05, 0.1) is 5.56 Å². The minimum absolute atomic E-state index is 0.0654. The summed E-state index contributed by atoms with van der Waals surface area (Å²) in [5.41, 5.74) is 2.66. The molecular formula is C19H20N4O2. The fourth-order valence-electron chi connectivity index (χ4n) is 3.16. The van der Waals surface area contributed by atoms with Crippen molar-refractivity contribution in [2.75, 3.05) is 19.6 Å². The van der Waals surface area contributed by atoms with Crippen LogP contribution in [0.4, 0.5) is 0 Å². The number of aromatic amines is 1. The van der Waals surface area contributed by atoms with Crippen molar-refractivity contribution in [3.05, 3.63) is 54.4 Å². The molecule has 0 unspecified atom stereocenters. The molecule has 1 saturated heterocycles. The van der Waals surface area contributed by atoms with E-state index in [1.807, 2.05) is 41.3 Å². The van der Waals surface area contributed by atoms with E-state index in [9.17, 15) is 4.79 Å². The van der Waals surface area contributed by atoms with E-state index in [1.54, 1.807) is 12.3 Å². The van der Waals surface area contributed by atoms with Gasteiger partial charge in [-0.15, -0.1) is 0 Å². The third-order valence-corrected chi connectivity index (χ3v) is 4.43. The Balaban J connectivity index is 1.60. The Hall–Kier alpha value is -2.86. The largest absolute Gasteiger partial charge is 0.451 e. The Morgan fingerprint density at radius 2 is 2.08 bits per heavy atom. The molecule has 0 bridgehead atoms. The number of piperazine rings is 1. The number of nitrogens with zero attached hydrogens (tertiary/aromatic N) is 2. The molecule has 3 heterocycles. The zero-order valence-electron chi connectivity index (χ0n) is 14.0. The second-order valence-electron chi connectivity index (χ2n) is 6.28. The maximum absolute atomic E-state index is 12.7. The van der Waals surface area contributed by atoms with Crippen LogP contribution in [0.5, 0.6) is 0 Å². The first-order valence-electron chi connectivity index (χ1n) is 8.44. The van der Waals surface area contributed by atoms with Crippen molar-refractivity contribution in [2.24, 2.45) is 0 Å². The predicted octanol–water partition coefficient (Wildman–Crippen LogP) is 2.77. The maximum atomic E-state index is 12.7. The van der Waals surface area contributed by atoms with E-state index in [0.29, 0.717) is 30.7 Å². The summed E-state index contributed by atoms with van der Waals surface area (Å²) in [4.78, 5) is 14.5. The quantitative estimate of drug-likeness (QED) is 0.771. The molecule has 6 nitrogen and oxygen atoms in total. The number of aromatic nitrogens is 2. The van der Waals surface area contributed by atoms with Gasteiger partial charge in [-0.25, -0.2) is 0 Å². The highest BCUT2D eigenvalue weighted by molar-refractivity contribution is 5.92. The number of benzene rings is 1. The number of nitrogens with one attached hydrogen (secondary N) is 2. The molecule has 0 aliphatic carbocycles. The third-order valence-electron chi connectivity index (χ3n) is 4.43. The average Bonchev–Trinajstić information content (AvgIpc) is 3.31. The van der Waals surface area contributed by atoms with Gasteiger partial charge in [-0.1, -0.05) is 30.3 Å². The zero-order chi connectivity index (χ0) is 17.2. The number of rotatable bonds is 3. The molecule has 2 aromatic heterocycles. The Bertz CT molecular complexity index is 868. The van der Waals surface area contributed by atoms with Gasteiger partial charge in [0.25, 0.3) is 5.91 Å². The molecule has 1 fully saturated rings. The van der Waals surface area contributed by atoms with Gasteiger partial charge in [0.15, 0.2) is 5.76 Å². The molecule has 128 valence electrons. The van der Waals surface area contributed by atoms with Crippen LogP contribution in [-0.4, -0.2) is 46.7 Å². The van der Waals surface area contributed by atoms with E-state index in [-0.39, 0.29) is 5.91 Å². The Morgan fingerprint density at radius 3 is 2.88 bits per heavy atom. The number of hydrogen-bond acceptors (Lipinski definition) is 4. The minimum atomic E-state index is -0.0654. The van der Waals surface area contributed by atoms with E-state index >= 15 is 0 Å². The highest BCUT2D eigenvalue weighted by Gasteiger charge is 2.24. The third kappa shape index (κ3) is 3.08. The zero-order valence-corrected chi connectivity index (χ0v) is 14.0. The molecule has 1 aliphatic rings. The lowest BCUT2D eigenvalue weighted by Crippen LogP contribution is -2.51. The predicted molar refractivity (Wildman–Crippen MR) is 95.1 cm³/mol. The first-order valence-corrected chi connectivity index (χ1v) is 8.44. The number of amides is 1. The second-order valence-corrected chi connectivity index (χ2v) is 6.28. The number of carbonyl (C=O) groups excluding carboxylic acids is 1. The molecule has 1 aromatic carbocycles. The van der Waals surface area contributed by atoms with Crippen molar-refractivity contribution in [1.82, 2.24) is 20.4 Å². The molecule has 1 aliphatic heterocycles. The molecule has 0 radical (unpaired) electrons. The summed E-state index contributed by atoms with van der Waals surface area (Å²) in [7, 11) is 0. The monoisotopic (exact) mass is 336 g/mol. The first kappa shape index (κ1) is 15.7. The van der Waals surface area contributed by atoms with Gasteiger partial charge in [0.2, 0.25) is 0 Å². The summed E-state index contributed by atoms with van der Waals surface area (Å²) in [5, 5.41) is 10.6. The van der Waals surface area contributed by atoms with Gasteiger partial charge in [-0.2, -0.15) is 5.10 Å². The number of furan rings is 1. The number of carbonyl (C=O) groups is 1. The van der Waals surface area contributed by atoms with Crippen LogP contribution in [0, 0.1) is 0 Å². The van der Waals surface area contributed by atoms with Crippen LogP contribution in [0.3, 0.4) is 0 Å². The van der Waals surface area contributed by atoms with E-state index < -0.39 is 0 Å². The van der Waals surface area contributed by atoms with Crippen molar-refractivity contribution in [2.45, 2.75) is 13.0 Å². The SMILES string of the molecule is C[C@H]1CN(C(=O)c2ccc(-c3c[nH]nc3-c3ccccc3)o2)CCN1. The molecule has 2 N–H and O–H groups in total. The molecule has 1 atom stereocenters. The van der Waals surface area contributed by atoms with Crippen LogP contribution in [0.15, 0.2) is 53.1 Å². The van der Waals surface area contributed by atoms with E-state index in [0.717, 1.165) is 23.4 Å². The summed E-state index contributed by atoms with van der Waals surface area (Å²) < 4.78 is 5.87. The lowest BCUT2D eigenvalue weighted by molar-refractivity contribution is 0.0678. The minimum Gasteiger partial charge on any atom is -0.451 e. The molecule has 1 amide bonds. The highest BCUT2D eigenvalue weighted by atomic mass is 16.4. The smallest absolute Gasteiger partial charge is 0.289 e. The molecule has 3 aromatic rings. The second kappa shape index (κ2) is 6.57. The van der Waals surface area contributed by atoms with Crippen molar-refractivity contribution < 1.29 is 9.21 Å². The van der Waals surface area contributed by atoms with Gasteiger partial charge in [-0.05, 0) is 19.1 Å². The summed E-state index contributed by atoms with van der Waals surface area (Å²) >= 11 is 0. The molecular weight excluding hydrogens is 316 g/mol. The van der Waals surface area contributed by atoms with Crippen LogP contribution < -0.4 is 5.32 Å². The van der Waals surface area contributed by atoms with Crippen LogP contribution in [0.1, 0.15) is 17.5 Å². The highest BCUT2D eigenvalue weighted by Crippen LogP contribution is 2.31. The lowest BCUT2D eigenvalue weighted by Gasteiger charge is -2.31. The van der Waals surface area contributed by atoms with Crippen LogP contribution in [-0.2, 0) is 0 Å². The van der Waals surface area contributed by atoms with Crippen molar-refractivity contribution in [3.8, 4) is 22.6 Å². The van der Waals surface area contributed by atoms with Gasteiger partial charge in [0, 0.05) is 37.4 Å². The average molecular weight is 336 g/mol. The fourth-order valence-corrected chi connectivity index (χ4v) is 3.16. The maximum Gasteiger partial charge on any atom is 0.289 e. The Kier molecular flexibility index (Phi) is 4.11. The topological polar surface area (TPSA) is 74.2 Å². The molecule has 0 saturated carbocycles. The Morgan fingerprint density at radius 1 is 1.24 bits per heavy atom. The standard InChI is InChI=1S/C19H20N4O2/c1-13-12-23(10-9-20-13)19(24)17-8-7-16(25-17)15-11-21-22-18(15)14-5-3-2-4-6-14/h2-8,11,13,20H,9-10,12H2,1H3,(H,21,22)/t13-/m0/s1. The van der Waals surface area contributed by atoms with Crippen molar-refractivity contribution >= 4 is 5.91 Å². The van der Waals surface area contributed by atoms with Crippen LogP contribution in [0.2, 0.25) is 0 Å². The van der Waals surface area contributed by atoms with Gasteiger partial charge in [0.1, 0.15) is 11.5 Å². The van der Waals surface area contributed by atoms with Crippen molar-refractivity contribution in [3.63, 3.8) is 0 Å². The number of H-pyrrole nitrogens is 1. The molecule has 6 heteroatoms. The summed E-state index contributed by atoms with van der Waals surface area (Å²) in [5.74, 6) is 0.938. The normalized spacial score (nSPS) is 17.6. The van der Waals surface area contributed by atoms with E-state index in [4.69, 9.17) is 4.42 Å². The van der Waals surface area contributed by atoms with Gasteiger partial charge in [-0.3, -0.25) is 9.89 Å². The molecule has 25 heavy (non-hydrogen) atoms. The van der Waals surface area contributed by atoms with Crippen LogP contribution in [0.25, 0.3) is 22.6 Å². The molecule has 0 spiro atoms. The number of hydrogen-bond donors (Lipinski definition) is 2. The molecule has 4 rings (SSSR count). The fraction of sp³-hybridized carbons (Fsp3) is 0.263. The van der Waals surface area contributed by atoms with Crippen molar-refractivity contribution in [1.29, 1.82) is 0 Å². The Labute approximate surface area is 145 Å². The van der Waals surface area contributed by atoms with E-state index in [1.165, 1.54) is 0 Å².